The summed E-state index contributed by atoms with van der Waals surface area (Å²) in [6, 6.07) is 22.5. The summed E-state index contributed by atoms with van der Waals surface area (Å²) in [6.07, 6.45) is 0. The lowest BCUT2D eigenvalue weighted by Crippen LogP contribution is -2.18. The number of thioether (sulfide) groups is 1. The second-order valence-corrected chi connectivity index (χ2v) is 8.01. The number of hydrogen-bond acceptors (Lipinski definition) is 5. The molecule has 156 valence electrons. The van der Waals surface area contributed by atoms with Gasteiger partial charge in [0.05, 0.1) is 11.5 Å². The first kappa shape index (κ1) is 20.7. The van der Waals surface area contributed by atoms with E-state index in [4.69, 9.17) is 4.42 Å². The molecule has 4 rings (SSSR count). The van der Waals surface area contributed by atoms with Gasteiger partial charge < -0.3 is 15.1 Å². The van der Waals surface area contributed by atoms with Crippen LogP contribution < -0.4 is 10.6 Å². The number of amides is 2. The van der Waals surface area contributed by atoms with E-state index in [0.717, 1.165) is 27.9 Å². The van der Waals surface area contributed by atoms with E-state index in [2.05, 4.69) is 15.6 Å². The molecule has 31 heavy (non-hydrogen) atoms. The average Bonchev–Trinajstić information content (AvgIpc) is 3.18. The fourth-order valence-electron chi connectivity index (χ4n) is 3.05. The molecule has 7 heteroatoms. The number of aromatic nitrogens is 1. The zero-order valence-corrected chi connectivity index (χ0v) is 17.7. The van der Waals surface area contributed by atoms with Gasteiger partial charge in [0, 0.05) is 16.9 Å². The van der Waals surface area contributed by atoms with Crippen LogP contribution in [0.3, 0.4) is 0 Å². The summed E-state index contributed by atoms with van der Waals surface area (Å²) in [7, 11) is 0. The molecule has 2 N–H and O–H groups in total. The summed E-state index contributed by atoms with van der Waals surface area (Å²) < 4.78 is 5.76. The first-order valence-corrected chi connectivity index (χ1v) is 10.9. The lowest BCUT2D eigenvalue weighted by Gasteiger charge is -2.07. The van der Waals surface area contributed by atoms with Gasteiger partial charge in [-0.15, -0.1) is 11.8 Å². The molecule has 0 spiro atoms. The van der Waals surface area contributed by atoms with Crippen LogP contribution in [0.15, 0.2) is 77.2 Å². The molecule has 0 aliphatic carbocycles. The van der Waals surface area contributed by atoms with E-state index in [-0.39, 0.29) is 23.3 Å². The van der Waals surface area contributed by atoms with Crippen LogP contribution in [0.1, 0.15) is 5.56 Å². The third-order valence-corrected chi connectivity index (χ3v) is 5.41. The highest BCUT2D eigenvalue weighted by atomic mass is 32.2. The Morgan fingerprint density at radius 3 is 2.29 bits per heavy atom. The van der Waals surface area contributed by atoms with Crippen LogP contribution in [0.2, 0.25) is 0 Å². The predicted molar refractivity (Wildman–Crippen MR) is 125 cm³/mol. The van der Waals surface area contributed by atoms with Gasteiger partial charge in [0.25, 0.3) is 0 Å². The van der Waals surface area contributed by atoms with Gasteiger partial charge in [-0.05, 0) is 61.0 Å². The molecule has 4 aromatic rings. The molecule has 0 unspecified atom stereocenters. The molecular formula is C24H21N3O3S. The molecule has 0 radical (unpaired) electrons. The standard InChI is InChI=1S/C24H21N3O3S/c1-16-5-4-6-19(13-16)26-23(29)15-31-14-22(28)25-18-11-9-17(10-12-18)24-27-20-7-2-3-8-21(20)30-24/h2-13H,14-15H2,1H3,(H,25,28)(H,26,29). The Labute approximate surface area is 184 Å². The van der Waals surface area contributed by atoms with Gasteiger partial charge in [-0.1, -0.05) is 24.3 Å². The smallest absolute Gasteiger partial charge is 0.234 e. The maximum atomic E-state index is 12.2. The highest BCUT2D eigenvalue weighted by Crippen LogP contribution is 2.25. The average molecular weight is 432 g/mol. The second kappa shape index (κ2) is 9.49. The maximum Gasteiger partial charge on any atom is 0.234 e. The highest BCUT2D eigenvalue weighted by molar-refractivity contribution is 8.00. The lowest BCUT2D eigenvalue weighted by molar-refractivity contribution is -0.114. The zero-order valence-electron chi connectivity index (χ0n) is 16.9. The number of nitrogens with one attached hydrogen (secondary N) is 2. The molecule has 0 saturated carbocycles. The normalized spacial score (nSPS) is 10.7. The van der Waals surface area contributed by atoms with Crippen LogP contribution in [-0.4, -0.2) is 28.3 Å². The fourth-order valence-corrected chi connectivity index (χ4v) is 3.66. The summed E-state index contributed by atoms with van der Waals surface area (Å²) >= 11 is 1.27. The van der Waals surface area contributed by atoms with E-state index in [1.807, 2.05) is 67.6 Å². The predicted octanol–water partition coefficient (Wildman–Crippen LogP) is 5.11. The molecule has 1 heterocycles. The molecule has 6 nitrogen and oxygen atoms in total. The van der Waals surface area contributed by atoms with Crippen molar-refractivity contribution in [2.75, 3.05) is 22.1 Å². The molecule has 0 bridgehead atoms. The van der Waals surface area contributed by atoms with Crippen molar-refractivity contribution in [3.8, 4) is 11.5 Å². The Hall–Kier alpha value is -3.58. The molecule has 0 aliphatic heterocycles. The van der Waals surface area contributed by atoms with Crippen molar-refractivity contribution in [1.29, 1.82) is 0 Å². The lowest BCUT2D eigenvalue weighted by atomic mass is 10.2. The number of aryl methyl sites for hydroxylation is 1. The van der Waals surface area contributed by atoms with E-state index in [9.17, 15) is 9.59 Å². The fraction of sp³-hybridized carbons (Fsp3) is 0.125. The van der Waals surface area contributed by atoms with Crippen LogP contribution in [-0.2, 0) is 9.59 Å². The summed E-state index contributed by atoms with van der Waals surface area (Å²) in [4.78, 5) is 28.7. The van der Waals surface area contributed by atoms with Crippen molar-refractivity contribution >= 4 is 46.1 Å². The number of carbonyl (C=O) groups is 2. The minimum absolute atomic E-state index is 0.133. The summed E-state index contributed by atoms with van der Waals surface area (Å²) in [6.45, 7) is 1.97. The van der Waals surface area contributed by atoms with Gasteiger partial charge in [-0.3, -0.25) is 9.59 Å². The minimum Gasteiger partial charge on any atom is -0.436 e. The molecule has 0 saturated heterocycles. The summed E-state index contributed by atoms with van der Waals surface area (Å²) in [5.74, 6) is 0.634. The van der Waals surface area contributed by atoms with Crippen LogP contribution in [0, 0.1) is 6.92 Å². The number of para-hydroxylation sites is 2. The van der Waals surface area contributed by atoms with E-state index in [1.54, 1.807) is 12.1 Å². The van der Waals surface area contributed by atoms with Crippen molar-refractivity contribution in [3.05, 3.63) is 78.4 Å². The number of rotatable bonds is 7. The molecule has 0 aliphatic rings. The van der Waals surface area contributed by atoms with Gasteiger partial charge in [0.2, 0.25) is 17.7 Å². The number of fused-ring (bicyclic) bond motifs is 1. The minimum atomic E-state index is -0.164. The number of oxazole rings is 1. The molecule has 0 atom stereocenters. The second-order valence-electron chi connectivity index (χ2n) is 7.02. The SMILES string of the molecule is Cc1cccc(NC(=O)CSCC(=O)Nc2ccc(-c3nc4ccccc4o3)cc2)c1. The van der Waals surface area contributed by atoms with Crippen molar-refractivity contribution in [2.45, 2.75) is 6.92 Å². The van der Waals surface area contributed by atoms with E-state index in [1.165, 1.54) is 11.8 Å². The Morgan fingerprint density at radius 1 is 0.871 bits per heavy atom. The molecule has 2 amide bonds. The van der Waals surface area contributed by atoms with Gasteiger partial charge in [0.1, 0.15) is 5.52 Å². The van der Waals surface area contributed by atoms with Crippen LogP contribution in [0.25, 0.3) is 22.6 Å². The van der Waals surface area contributed by atoms with E-state index >= 15 is 0 Å². The quantitative estimate of drug-likeness (QED) is 0.425. The van der Waals surface area contributed by atoms with Crippen LogP contribution in [0.5, 0.6) is 0 Å². The Balaban J connectivity index is 1.25. The zero-order chi connectivity index (χ0) is 21.6. The number of benzene rings is 3. The number of carbonyl (C=O) groups excluding carboxylic acids is 2. The first-order chi connectivity index (χ1) is 15.1. The number of hydrogen-bond donors (Lipinski definition) is 2. The molecule has 1 aromatic heterocycles. The van der Waals surface area contributed by atoms with Gasteiger partial charge in [-0.2, -0.15) is 0 Å². The van der Waals surface area contributed by atoms with Crippen molar-refractivity contribution in [3.63, 3.8) is 0 Å². The molecule has 3 aromatic carbocycles. The maximum absolute atomic E-state index is 12.2. The Bertz CT molecular complexity index is 1190. The van der Waals surface area contributed by atoms with E-state index < -0.39 is 0 Å². The van der Waals surface area contributed by atoms with Crippen LogP contribution >= 0.6 is 11.8 Å². The third-order valence-electron chi connectivity index (χ3n) is 4.48. The molecule has 0 fully saturated rings. The first-order valence-electron chi connectivity index (χ1n) is 9.77. The van der Waals surface area contributed by atoms with Gasteiger partial charge in [-0.25, -0.2) is 4.98 Å². The molecular weight excluding hydrogens is 410 g/mol. The topological polar surface area (TPSA) is 84.2 Å². The van der Waals surface area contributed by atoms with Crippen molar-refractivity contribution < 1.29 is 14.0 Å². The Kier molecular flexibility index (Phi) is 6.33. The number of anilines is 2. The largest absolute Gasteiger partial charge is 0.436 e. The van der Waals surface area contributed by atoms with Gasteiger partial charge in [0.15, 0.2) is 5.58 Å². The van der Waals surface area contributed by atoms with Crippen LogP contribution in [0.4, 0.5) is 11.4 Å². The Morgan fingerprint density at radius 2 is 1.58 bits per heavy atom. The highest BCUT2D eigenvalue weighted by Gasteiger charge is 2.09. The number of nitrogens with zero attached hydrogens (tertiary/aromatic N) is 1. The summed E-state index contributed by atoms with van der Waals surface area (Å²) in [5.41, 5.74) is 4.88. The van der Waals surface area contributed by atoms with Crippen molar-refractivity contribution in [2.24, 2.45) is 0 Å². The monoisotopic (exact) mass is 431 g/mol. The van der Waals surface area contributed by atoms with Crippen molar-refractivity contribution in [1.82, 2.24) is 4.98 Å². The van der Waals surface area contributed by atoms with E-state index in [0.29, 0.717) is 11.6 Å². The van der Waals surface area contributed by atoms with Gasteiger partial charge >= 0.3 is 0 Å². The summed E-state index contributed by atoms with van der Waals surface area (Å²) in [5, 5.41) is 5.67. The third kappa shape index (κ3) is 5.52.